The van der Waals surface area contributed by atoms with Gasteiger partial charge in [-0.3, -0.25) is 10.1 Å². The molecule has 0 bridgehead atoms. The summed E-state index contributed by atoms with van der Waals surface area (Å²) in [4.78, 5) is 12.4. The molecule has 0 atom stereocenters. The van der Waals surface area contributed by atoms with E-state index in [4.69, 9.17) is 0 Å². The molecule has 2 aromatic rings. The lowest BCUT2D eigenvalue weighted by Gasteiger charge is -2.19. The first-order valence-electron chi connectivity index (χ1n) is 7.22. The van der Waals surface area contributed by atoms with Crippen molar-refractivity contribution in [1.29, 1.82) is 0 Å². The van der Waals surface area contributed by atoms with Crippen molar-refractivity contribution in [3.05, 3.63) is 64.2 Å². The Morgan fingerprint density at radius 1 is 0.958 bits per heavy atom. The molecular formula is C16H19N3O4S. The van der Waals surface area contributed by atoms with Crippen molar-refractivity contribution in [2.45, 2.75) is 31.1 Å². The highest BCUT2D eigenvalue weighted by molar-refractivity contribution is 7.89. The Morgan fingerprint density at radius 2 is 1.50 bits per heavy atom. The summed E-state index contributed by atoms with van der Waals surface area (Å²) in [7, 11) is -3.74. The summed E-state index contributed by atoms with van der Waals surface area (Å²) >= 11 is 0. The molecule has 2 aromatic carbocycles. The van der Waals surface area contributed by atoms with Crippen molar-refractivity contribution in [2.24, 2.45) is 0 Å². The fourth-order valence-electron chi connectivity index (χ4n) is 1.99. The highest BCUT2D eigenvalue weighted by Gasteiger charge is 2.17. The molecule has 8 heteroatoms. The molecule has 0 aliphatic heterocycles. The van der Waals surface area contributed by atoms with Crippen molar-refractivity contribution in [2.75, 3.05) is 5.43 Å². The number of non-ortho nitro benzene ring substituents is 1. The Hall–Kier alpha value is -2.45. The average Bonchev–Trinajstić information content (AvgIpc) is 2.53. The number of nitro benzene ring substituents is 1. The van der Waals surface area contributed by atoms with Crippen LogP contribution in [-0.2, 0) is 15.4 Å². The molecule has 0 radical (unpaired) electrons. The second-order valence-corrected chi connectivity index (χ2v) is 7.99. The number of anilines is 1. The molecule has 0 spiro atoms. The van der Waals surface area contributed by atoms with Crippen LogP contribution in [0, 0.1) is 10.1 Å². The van der Waals surface area contributed by atoms with Crippen LogP contribution in [0.2, 0.25) is 0 Å². The Morgan fingerprint density at radius 3 is 1.96 bits per heavy atom. The second kappa shape index (κ2) is 6.58. The van der Waals surface area contributed by atoms with Gasteiger partial charge in [0.25, 0.3) is 15.7 Å². The fraction of sp³-hybridized carbons (Fsp3) is 0.250. The van der Waals surface area contributed by atoms with Crippen LogP contribution in [-0.4, -0.2) is 13.3 Å². The lowest BCUT2D eigenvalue weighted by molar-refractivity contribution is -0.384. The maximum absolute atomic E-state index is 12.3. The lowest BCUT2D eigenvalue weighted by atomic mass is 9.87. The van der Waals surface area contributed by atoms with Gasteiger partial charge in [-0.15, -0.1) is 4.83 Å². The quantitative estimate of drug-likeness (QED) is 0.637. The first kappa shape index (κ1) is 17.9. The number of benzene rings is 2. The molecule has 0 aromatic heterocycles. The zero-order chi connectivity index (χ0) is 18.0. The van der Waals surface area contributed by atoms with E-state index in [1.54, 1.807) is 24.3 Å². The van der Waals surface area contributed by atoms with Crippen LogP contribution in [0.1, 0.15) is 26.3 Å². The van der Waals surface area contributed by atoms with E-state index in [1.165, 1.54) is 24.3 Å². The number of rotatable bonds is 5. The first-order chi connectivity index (χ1) is 11.1. The molecule has 0 amide bonds. The third kappa shape index (κ3) is 4.30. The van der Waals surface area contributed by atoms with Gasteiger partial charge in [0.2, 0.25) is 0 Å². The molecule has 0 aliphatic rings. The minimum Gasteiger partial charge on any atom is -0.308 e. The van der Waals surface area contributed by atoms with Gasteiger partial charge in [0.05, 0.1) is 15.5 Å². The SMILES string of the molecule is CC(C)(C)c1ccc(S(=O)(=O)NNc2ccc([N+](=O)[O-])cc2)cc1. The minimum absolute atomic E-state index is 0.0628. The van der Waals surface area contributed by atoms with E-state index in [9.17, 15) is 18.5 Å². The largest absolute Gasteiger partial charge is 0.308 e. The molecule has 0 heterocycles. The molecule has 0 aliphatic carbocycles. The Bertz CT molecular complexity index is 823. The van der Waals surface area contributed by atoms with Crippen LogP contribution in [0.25, 0.3) is 0 Å². The number of nitro groups is 1. The van der Waals surface area contributed by atoms with Gasteiger partial charge < -0.3 is 5.43 Å². The van der Waals surface area contributed by atoms with Crippen molar-refractivity contribution in [3.63, 3.8) is 0 Å². The van der Waals surface area contributed by atoms with E-state index in [2.05, 4.69) is 10.3 Å². The molecule has 2 rings (SSSR count). The molecule has 2 N–H and O–H groups in total. The third-order valence-corrected chi connectivity index (χ3v) is 4.70. The summed E-state index contributed by atoms with van der Waals surface area (Å²) in [6, 6.07) is 12.1. The summed E-state index contributed by atoms with van der Waals surface area (Å²) in [5.74, 6) is 0. The Kier molecular flexibility index (Phi) is 4.91. The molecule has 0 saturated carbocycles. The average molecular weight is 349 g/mol. The molecule has 24 heavy (non-hydrogen) atoms. The van der Waals surface area contributed by atoms with E-state index in [1.807, 2.05) is 20.8 Å². The van der Waals surface area contributed by atoms with Crippen LogP contribution in [0.5, 0.6) is 0 Å². The van der Waals surface area contributed by atoms with Gasteiger partial charge in [-0.25, -0.2) is 8.42 Å². The maximum Gasteiger partial charge on any atom is 0.269 e. The monoisotopic (exact) mass is 349 g/mol. The fourth-order valence-corrected chi connectivity index (χ4v) is 2.85. The summed E-state index contributed by atoms with van der Waals surface area (Å²) in [5, 5.41) is 10.6. The highest BCUT2D eigenvalue weighted by atomic mass is 32.2. The molecule has 0 fully saturated rings. The van der Waals surface area contributed by atoms with Gasteiger partial charge in [0, 0.05) is 12.1 Å². The van der Waals surface area contributed by atoms with Gasteiger partial charge >= 0.3 is 0 Å². The number of nitrogens with zero attached hydrogens (tertiary/aromatic N) is 1. The number of hydrogen-bond acceptors (Lipinski definition) is 5. The Balaban J connectivity index is 2.09. The van der Waals surface area contributed by atoms with Crippen LogP contribution in [0.15, 0.2) is 53.4 Å². The lowest BCUT2D eigenvalue weighted by Crippen LogP contribution is -2.29. The summed E-state index contributed by atoms with van der Waals surface area (Å²) < 4.78 is 24.5. The van der Waals surface area contributed by atoms with E-state index in [-0.39, 0.29) is 16.0 Å². The van der Waals surface area contributed by atoms with E-state index < -0.39 is 14.9 Å². The summed E-state index contributed by atoms with van der Waals surface area (Å²) in [5.41, 5.74) is 3.83. The van der Waals surface area contributed by atoms with Gasteiger partial charge in [-0.2, -0.15) is 0 Å². The molecule has 0 unspecified atom stereocenters. The van der Waals surface area contributed by atoms with Gasteiger partial charge in [0.15, 0.2) is 0 Å². The standard InChI is InChI=1S/C16H19N3O4S/c1-16(2,3)12-4-10-15(11-5-12)24(22,23)18-17-13-6-8-14(9-7-13)19(20)21/h4-11,17-18H,1-3H3. The predicted octanol–water partition coefficient (Wildman–Crippen LogP) is 3.20. The van der Waals surface area contributed by atoms with Crippen molar-refractivity contribution in [3.8, 4) is 0 Å². The van der Waals surface area contributed by atoms with Crippen LogP contribution in [0.4, 0.5) is 11.4 Å². The van der Waals surface area contributed by atoms with Crippen LogP contribution >= 0.6 is 0 Å². The van der Waals surface area contributed by atoms with Crippen molar-refractivity contribution < 1.29 is 13.3 Å². The van der Waals surface area contributed by atoms with Gasteiger partial charge in [-0.1, -0.05) is 32.9 Å². The smallest absolute Gasteiger partial charge is 0.269 e. The van der Waals surface area contributed by atoms with Crippen molar-refractivity contribution >= 4 is 21.4 Å². The molecular weight excluding hydrogens is 330 g/mol. The first-order valence-corrected chi connectivity index (χ1v) is 8.71. The minimum atomic E-state index is -3.74. The van der Waals surface area contributed by atoms with E-state index >= 15 is 0 Å². The topological polar surface area (TPSA) is 101 Å². The molecule has 128 valence electrons. The molecule has 0 saturated heterocycles. The van der Waals surface area contributed by atoms with Crippen LogP contribution < -0.4 is 10.3 Å². The highest BCUT2D eigenvalue weighted by Crippen LogP contribution is 2.23. The summed E-state index contributed by atoms with van der Waals surface area (Å²) in [6.07, 6.45) is 0. The number of hydrazine groups is 1. The van der Waals surface area contributed by atoms with Crippen molar-refractivity contribution in [1.82, 2.24) is 4.83 Å². The predicted molar refractivity (Wildman–Crippen MR) is 92.2 cm³/mol. The third-order valence-electron chi connectivity index (χ3n) is 3.44. The molecule has 7 nitrogen and oxygen atoms in total. The number of hydrogen-bond donors (Lipinski definition) is 2. The normalized spacial score (nSPS) is 12.0. The summed E-state index contributed by atoms with van der Waals surface area (Å²) in [6.45, 7) is 6.14. The second-order valence-electron chi connectivity index (χ2n) is 6.31. The van der Waals surface area contributed by atoms with Gasteiger partial charge in [0.1, 0.15) is 0 Å². The number of nitrogens with one attached hydrogen (secondary N) is 2. The maximum atomic E-state index is 12.3. The van der Waals surface area contributed by atoms with Gasteiger partial charge in [-0.05, 0) is 35.2 Å². The Labute approximate surface area is 140 Å². The van der Waals surface area contributed by atoms with E-state index in [0.29, 0.717) is 5.69 Å². The number of sulfonamides is 1. The van der Waals surface area contributed by atoms with Crippen LogP contribution in [0.3, 0.4) is 0 Å². The zero-order valence-corrected chi connectivity index (χ0v) is 14.4. The van der Waals surface area contributed by atoms with E-state index in [0.717, 1.165) is 5.56 Å². The zero-order valence-electron chi connectivity index (χ0n) is 13.6.